The van der Waals surface area contributed by atoms with Gasteiger partial charge in [0, 0.05) is 41.8 Å². The number of rotatable bonds is 6. The maximum absolute atomic E-state index is 12.6. The standard InChI is InChI=1S/C21H18Cl2N4O2/c1-2-21(29)27(18-8-9-24-13-17(18)23)19-12-15(7-10-25-19)26-20(28)11-14-5-3-4-6-16(14)22/h3-10,12-13H,2,11H2,1H3,(H,25,26,28). The normalized spacial score (nSPS) is 10.4. The van der Waals surface area contributed by atoms with E-state index >= 15 is 0 Å². The number of nitrogens with one attached hydrogen (secondary N) is 1. The number of pyridine rings is 2. The van der Waals surface area contributed by atoms with E-state index in [4.69, 9.17) is 23.2 Å². The Hall–Kier alpha value is -2.96. The van der Waals surface area contributed by atoms with Gasteiger partial charge in [0.2, 0.25) is 11.8 Å². The molecule has 148 valence electrons. The predicted molar refractivity (Wildman–Crippen MR) is 115 cm³/mol. The van der Waals surface area contributed by atoms with Gasteiger partial charge in [0.25, 0.3) is 0 Å². The van der Waals surface area contributed by atoms with Crippen molar-refractivity contribution in [3.8, 4) is 0 Å². The first kappa shape index (κ1) is 20.8. The Kier molecular flexibility index (Phi) is 6.80. The number of benzene rings is 1. The highest BCUT2D eigenvalue weighted by molar-refractivity contribution is 6.34. The number of carbonyl (C=O) groups is 2. The van der Waals surface area contributed by atoms with Gasteiger partial charge in [-0.15, -0.1) is 0 Å². The van der Waals surface area contributed by atoms with Crippen LogP contribution < -0.4 is 10.2 Å². The molecular formula is C21H18Cl2N4O2. The second kappa shape index (κ2) is 9.49. The predicted octanol–water partition coefficient (Wildman–Crippen LogP) is 5.04. The SMILES string of the molecule is CCC(=O)N(c1cc(NC(=O)Cc2ccccc2Cl)ccn1)c1ccncc1Cl. The fraction of sp³-hybridized carbons (Fsp3) is 0.143. The zero-order valence-corrected chi connectivity index (χ0v) is 17.1. The van der Waals surface area contributed by atoms with Crippen LogP contribution in [0.15, 0.2) is 61.1 Å². The maximum Gasteiger partial charge on any atom is 0.232 e. The number of amides is 2. The lowest BCUT2D eigenvalue weighted by atomic mass is 10.1. The first-order valence-corrected chi connectivity index (χ1v) is 9.67. The van der Waals surface area contributed by atoms with Crippen molar-refractivity contribution >= 4 is 52.2 Å². The summed E-state index contributed by atoms with van der Waals surface area (Å²) in [4.78, 5) is 34.7. The average Bonchev–Trinajstić information content (AvgIpc) is 2.71. The molecule has 2 aromatic heterocycles. The van der Waals surface area contributed by atoms with Gasteiger partial charge in [-0.3, -0.25) is 19.5 Å². The second-order valence-corrected chi connectivity index (χ2v) is 6.94. The van der Waals surface area contributed by atoms with Crippen molar-refractivity contribution in [3.05, 3.63) is 76.7 Å². The molecule has 2 amide bonds. The summed E-state index contributed by atoms with van der Waals surface area (Å²) in [6, 6.07) is 12.1. The lowest BCUT2D eigenvalue weighted by Gasteiger charge is -2.22. The van der Waals surface area contributed by atoms with E-state index in [-0.39, 0.29) is 24.7 Å². The lowest BCUT2D eigenvalue weighted by molar-refractivity contribution is -0.117. The summed E-state index contributed by atoms with van der Waals surface area (Å²) in [5.74, 6) is -0.0730. The number of anilines is 3. The van der Waals surface area contributed by atoms with Crippen molar-refractivity contribution in [1.29, 1.82) is 0 Å². The van der Waals surface area contributed by atoms with Gasteiger partial charge in [0.05, 0.1) is 17.1 Å². The summed E-state index contributed by atoms with van der Waals surface area (Å²) in [5, 5.41) is 3.67. The van der Waals surface area contributed by atoms with Crippen LogP contribution in [0.4, 0.5) is 17.2 Å². The summed E-state index contributed by atoms with van der Waals surface area (Å²) in [5.41, 5.74) is 1.71. The third-order valence-electron chi connectivity index (χ3n) is 4.11. The van der Waals surface area contributed by atoms with E-state index in [1.54, 1.807) is 43.5 Å². The molecule has 0 saturated heterocycles. The van der Waals surface area contributed by atoms with Gasteiger partial charge in [-0.2, -0.15) is 0 Å². The highest BCUT2D eigenvalue weighted by Crippen LogP contribution is 2.31. The molecule has 0 atom stereocenters. The third kappa shape index (κ3) is 5.10. The van der Waals surface area contributed by atoms with Crippen LogP contribution in [0.25, 0.3) is 0 Å². The highest BCUT2D eigenvalue weighted by atomic mass is 35.5. The molecule has 3 aromatic rings. The zero-order valence-electron chi connectivity index (χ0n) is 15.6. The van der Waals surface area contributed by atoms with Gasteiger partial charge < -0.3 is 5.32 Å². The largest absolute Gasteiger partial charge is 0.326 e. The molecular weight excluding hydrogens is 411 g/mol. The molecule has 0 aliphatic rings. The van der Waals surface area contributed by atoms with E-state index in [9.17, 15) is 9.59 Å². The van der Waals surface area contributed by atoms with Crippen LogP contribution in [0.1, 0.15) is 18.9 Å². The molecule has 1 aromatic carbocycles. The topological polar surface area (TPSA) is 75.2 Å². The van der Waals surface area contributed by atoms with Crippen LogP contribution in [0.3, 0.4) is 0 Å². The molecule has 0 saturated carbocycles. The van der Waals surface area contributed by atoms with Crippen LogP contribution in [0, 0.1) is 0 Å². The molecule has 0 aliphatic heterocycles. The van der Waals surface area contributed by atoms with E-state index < -0.39 is 0 Å². The van der Waals surface area contributed by atoms with E-state index in [0.29, 0.717) is 27.2 Å². The molecule has 0 spiro atoms. The summed E-state index contributed by atoms with van der Waals surface area (Å²) in [7, 11) is 0. The smallest absolute Gasteiger partial charge is 0.232 e. The van der Waals surface area contributed by atoms with Crippen molar-refractivity contribution in [2.24, 2.45) is 0 Å². The summed E-state index contributed by atoms with van der Waals surface area (Å²) < 4.78 is 0. The number of aromatic nitrogens is 2. The monoisotopic (exact) mass is 428 g/mol. The molecule has 0 radical (unpaired) electrons. The number of carbonyl (C=O) groups excluding carboxylic acids is 2. The minimum Gasteiger partial charge on any atom is -0.326 e. The molecule has 6 nitrogen and oxygen atoms in total. The molecule has 0 unspecified atom stereocenters. The Balaban J connectivity index is 1.85. The molecule has 29 heavy (non-hydrogen) atoms. The fourth-order valence-corrected chi connectivity index (χ4v) is 3.14. The van der Waals surface area contributed by atoms with Gasteiger partial charge in [-0.25, -0.2) is 4.98 Å². The summed E-state index contributed by atoms with van der Waals surface area (Å²) >= 11 is 12.4. The van der Waals surface area contributed by atoms with Crippen molar-refractivity contribution in [3.63, 3.8) is 0 Å². The van der Waals surface area contributed by atoms with Gasteiger partial charge in [-0.1, -0.05) is 48.3 Å². The van der Waals surface area contributed by atoms with Crippen LogP contribution in [0.2, 0.25) is 10.0 Å². The van der Waals surface area contributed by atoms with E-state index in [2.05, 4.69) is 15.3 Å². The van der Waals surface area contributed by atoms with E-state index in [1.807, 2.05) is 12.1 Å². The van der Waals surface area contributed by atoms with Crippen LogP contribution in [-0.2, 0) is 16.0 Å². The van der Waals surface area contributed by atoms with E-state index in [1.165, 1.54) is 17.3 Å². The molecule has 0 aliphatic carbocycles. The molecule has 2 heterocycles. The van der Waals surface area contributed by atoms with Gasteiger partial charge in [-0.05, 0) is 23.8 Å². The first-order valence-electron chi connectivity index (χ1n) is 8.91. The zero-order chi connectivity index (χ0) is 20.8. The lowest BCUT2D eigenvalue weighted by Crippen LogP contribution is -2.26. The highest BCUT2D eigenvalue weighted by Gasteiger charge is 2.21. The minimum atomic E-state index is -0.231. The number of hydrogen-bond donors (Lipinski definition) is 1. The molecule has 0 fully saturated rings. The van der Waals surface area contributed by atoms with Crippen LogP contribution >= 0.6 is 23.2 Å². The van der Waals surface area contributed by atoms with Gasteiger partial charge >= 0.3 is 0 Å². The Morgan fingerprint density at radius 1 is 1.07 bits per heavy atom. The Morgan fingerprint density at radius 2 is 1.86 bits per heavy atom. The van der Waals surface area contributed by atoms with Gasteiger partial charge in [0.15, 0.2) is 0 Å². The Labute approximate surface area is 178 Å². The molecule has 8 heteroatoms. The molecule has 1 N–H and O–H groups in total. The maximum atomic E-state index is 12.6. The van der Waals surface area contributed by atoms with Crippen molar-refractivity contribution in [1.82, 2.24) is 9.97 Å². The van der Waals surface area contributed by atoms with Crippen molar-refractivity contribution < 1.29 is 9.59 Å². The Morgan fingerprint density at radius 3 is 2.59 bits per heavy atom. The Bertz CT molecular complexity index is 1040. The van der Waals surface area contributed by atoms with Crippen molar-refractivity contribution in [2.75, 3.05) is 10.2 Å². The number of halogens is 2. The van der Waals surface area contributed by atoms with Crippen molar-refractivity contribution in [2.45, 2.75) is 19.8 Å². The summed E-state index contributed by atoms with van der Waals surface area (Å²) in [6.45, 7) is 1.75. The number of nitrogens with zero attached hydrogens (tertiary/aromatic N) is 3. The minimum absolute atomic E-state index is 0.130. The molecule has 0 bridgehead atoms. The first-order chi connectivity index (χ1) is 14.0. The fourth-order valence-electron chi connectivity index (χ4n) is 2.73. The average molecular weight is 429 g/mol. The second-order valence-electron chi connectivity index (χ2n) is 6.13. The quantitative estimate of drug-likeness (QED) is 0.596. The van der Waals surface area contributed by atoms with Gasteiger partial charge in [0.1, 0.15) is 5.82 Å². The number of hydrogen-bond acceptors (Lipinski definition) is 4. The van der Waals surface area contributed by atoms with Crippen LogP contribution in [-0.4, -0.2) is 21.8 Å². The van der Waals surface area contributed by atoms with E-state index in [0.717, 1.165) is 5.56 Å². The summed E-state index contributed by atoms with van der Waals surface area (Å²) in [6.07, 6.45) is 4.91. The van der Waals surface area contributed by atoms with Crippen LogP contribution in [0.5, 0.6) is 0 Å². The third-order valence-corrected chi connectivity index (χ3v) is 4.77. The molecule has 3 rings (SSSR count).